The Hall–Kier alpha value is 0.137. The summed E-state index contributed by atoms with van der Waals surface area (Å²) in [6, 6.07) is 0. The Balaban J connectivity index is 2.57. The average molecular weight is 229 g/mol. The molecule has 0 saturated carbocycles. The lowest BCUT2D eigenvalue weighted by molar-refractivity contribution is 0.192. The van der Waals surface area contributed by atoms with Crippen LogP contribution >= 0.6 is 0 Å². The second-order valence-corrected chi connectivity index (χ2v) is 11.7. The summed E-state index contributed by atoms with van der Waals surface area (Å²) in [5, 5.41) is 3.84. The molecule has 1 N–H and O–H groups in total. The minimum Gasteiger partial charge on any atom is -0.413 e. The van der Waals surface area contributed by atoms with Crippen molar-refractivity contribution < 1.29 is 4.43 Å². The number of nitrogens with one attached hydrogen (secondary N) is 1. The van der Waals surface area contributed by atoms with Crippen molar-refractivity contribution in [2.75, 3.05) is 6.54 Å². The summed E-state index contributed by atoms with van der Waals surface area (Å²) in [6.45, 7) is 17.1. The lowest BCUT2D eigenvalue weighted by atomic mass is 10.0. The van der Waals surface area contributed by atoms with Gasteiger partial charge in [0.1, 0.15) is 0 Å². The lowest BCUT2D eigenvalue weighted by Gasteiger charge is -2.38. The largest absolute Gasteiger partial charge is 0.413 e. The molecular formula is C12H27NOSi. The van der Waals surface area contributed by atoms with E-state index in [1.165, 1.54) is 0 Å². The first-order valence-electron chi connectivity index (χ1n) is 5.96. The predicted molar refractivity (Wildman–Crippen MR) is 68.8 cm³/mol. The second kappa shape index (κ2) is 3.86. The van der Waals surface area contributed by atoms with Gasteiger partial charge in [0.2, 0.25) is 0 Å². The second-order valence-electron chi connectivity index (χ2n) is 6.97. The third-order valence-corrected chi connectivity index (χ3v) is 8.35. The first kappa shape index (κ1) is 13.2. The quantitative estimate of drug-likeness (QED) is 0.735. The molecule has 1 heterocycles. The molecule has 1 rings (SSSR count). The molecule has 1 aliphatic rings. The monoisotopic (exact) mass is 229 g/mol. The van der Waals surface area contributed by atoms with Gasteiger partial charge in [-0.15, -0.1) is 0 Å². The number of hydrogen-bond acceptors (Lipinski definition) is 2. The van der Waals surface area contributed by atoms with Crippen LogP contribution in [-0.2, 0) is 4.43 Å². The van der Waals surface area contributed by atoms with Crippen molar-refractivity contribution in [3.05, 3.63) is 0 Å². The van der Waals surface area contributed by atoms with Crippen LogP contribution in [0.25, 0.3) is 0 Å². The van der Waals surface area contributed by atoms with Gasteiger partial charge in [0, 0.05) is 12.1 Å². The standard InChI is InChI=1S/C12H27NOSi/c1-11(2,3)15(6,7)14-10-8-12(4,5)13-9-10/h10,13H,8-9H2,1-7H3/t10-/m1/s1. The van der Waals surface area contributed by atoms with E-state index in [1.807, 2.05) is 0 Å². The Kier molecular flexibility index (Phi) is 3.40. The molecule has 3 heteroatoms. The Morgan fingerprint density at radius 2 is 1.80 bits per heavy atom. The fourth-order valence-corrected chi connectivity index (χ4v) is 3.13. The smallest absolute Gasteiger partial charge is 0.192 e. The van der Waals surface area contributed by atoms with E-state index in [1.54, 1.807) is 0 Å². The number of rotatable bonds is 2. The Labute approximate surface area is 95.9 Å². The Morgan fingerprint density at radius 3 is 2.13 bits per heavy atom. The van der Waals surface area contributed by atoms with Crippen molar-refractivity contribution in [2.45, 2.75) is 70.8 Å². The van der Waals surface area contributed by atoms with Gasteiger partial charge in [0.25, 0.3) is 0 Å². The molecule has 1 fully saturated rings. The van der Waals surface area contributed by atoms with Crippen molar-refractivity contribution in [1.29, 1.82) is 0 Å². The van der Waals surface area contributed by atoms with Gasteiger partial charge in [-0.05, 0) is 38.4 Å². The van der Waals surface area contributed by atoms with E-state index in [0.29, 0.717) is 11.1 Å². The van der Waals surface area contributed by atoms with Gasteiger partial charge in [-0.3, -0.25) is 0 Å². The molecule has 0 amide bonds. The molecule has 0 unspecified atom stereocenters. The summed E-state index contributed by atoms with van der Waals surface area (Å²) < 4.78 is 6.38. The van der Waals surface area contributed by atoms with Crippen LogP contribution < -0.4 is 5.32 Å². The van der Waals surface area contributed by atoms with Crippen molar-refractivity contribution in [3.63, 3.8) is 0 Å². The molecule has 1 saturated heterocycles. The van der Waals surface area contributed by atoms with Crippen molar-refractivity contribution >= 4 is 8.32 Å². The minimum atomic E-state index is -1.57. The van der Waals surface area contributed by atoms with Gasteiger partial charge in [-0.25, -0.2) is 0 Å². The SMILES string of the molecule is CC1(C)C[C@@H](O[Si](C)(C)C(C)(C)C)CN1. The van der Waals surface area contributed by atoms with Crippen molar-refractivity contribution in [2.24, 2.45) is 0 Å². The normalized spacial score (nSPS) is 27.0. The summed E-state index contributed by atoms with van der Waals surface area (Å²) in [5.41, 5.74) is 0.257. The summed E-state index contributed by atoms with van der Waals surface area (Å²) in [5.74, 6) is 0. The Bertz CT molecular complexity index is 230. The minimum absolute atomic E-state index is 0.257. The third kappa shape index (κ3) is 3.30. The van der Waals surface area contributed by atoms with Gasteiger partial charge >= 0.3 is 0 Å². The van der Waals surface area contributed by atoms with Crippen LogP contribution in [0.3, 0.4) is 0 Å². The first-order chi connectivity index (χ1) is 6.54. The fraction of sp³-hybridized carbons (Fsp3) is 1.00. The summed E-state index contributed by atoms with van der Waals surface area (Å²) in [4.78, 5) is 0. The molecule has 90 valence electrons. The zero-order valence-corrected chi connectivity index (χ0v) is 12.4. The lowest BCUT2D eigenvalue weighted by Crippen LogP contribution is -2.44. The van der Waals surface area contributed by atoms with Gasteiger partial charge in [0.15, 0.2) is 8.32 Å². The molecule has 2 nitrogen and oxygen atoms in total. The van der Waals surface area contributed by atoms with Crippen LogP contribution in [0.15, 0.2) is 0 Å². The van der Waals surface area contributed by atoms with Gasteiger partial charge < -0.3 is 9.74 Å². The highest BCUT2D eigenvalue weighted by Gasteiger charge is 2.41. The van der Waals surface area contributed by atoms with E-state index in [0.717, 1.165) is 13.0 Å². The fourth-order valence-electron chi connectivity index (χ4n) is 1.78. The van der Waals surface area contributed by atoms with Crippen LogP contribution in [0, 0.1) is 0 Å². The highest BCUT2D eigenvalue weighted by molar-refractivity contribution is 6.74. The van der Waals surface area contributed by atoms with Gasteiger partial charge in [-0.2, -0.15) is 0 Å². The third-order valence-electron chi connectivity index (χ3n) is 3.81. The topological polar surface area (TPSA) is 21.3 Å². The number of hydrogen-bond donors (Lipinski definition) is 1. The summed E-state index contributed by atoms with van der Waals surface area (Å²) >= 11 is 0. The molecule has 0 aromatic carbocycles. The maximum atomic E-state index is 6.38. The van der Waals surface area contributed by atoms with Crippen LogP contribution in [0.4, 0.5) is 0 Å². The van der Waals surface area contributed by atoms with E-state index < -0.39 is 8.32 Å². The van der Waals surface area contributed by atoms with Gasteiger partial charge in [-0.1, -0.05) is 20.8 Å². The molecule has 15 heavy (non-hydrogen) atoms. The van der Waals surface area contributed by atoms with Crippen molar-refractivity contribution in [3.8, 4) is 0 Å². The molecule has 0 radical (unpaired) electrons. The Morgan fingerprint density at radius 1 is 1.27 bits per heavy atom. The molecule has 1 aliphatic heterocycles. The maximum absolute atomic E-state index is 6.38. The molecule has 0 aromatic rings. The van der Waals surface area contributed by atoms with Crippen LogP contribution in [0.5, 0.6) is 0 Å². The first-order valence-corrected chi connectivity index (χ1v) is 8.87. The van der Waals surface area contributed by atoms with E-state index in [2.05, 4.69) is 53.0 Å². The van der Waals surface area contributed by atoms with Gasteiger partial charge in [0.05, 0.1) is 6.10 Å². The van der Waals surface area contributed by atoms with Crippen molar-refractivity contribution in [1.82, 2.24) is 5.32 Å². The summed E-state index contributed by atoms with van der Waals surface area (Å²) in [6.07, 6.45) is 1.56. The molecule has 1 atom stereocenters. The van der Waals surface area contributed by atoms with Crippen LogP contribution in [0.1, 0.15) is 41.0 Å². The molecule has 0 aromatic heterocycles. The van der Waals surface area contributed by atoms with Crippen LogP contribution in [0.2, 0.25) is 18.1 Å². The maximum Gasteiger partial charge on any atom is 0.192 e. The van der Waals surface area contributed by atoms with Crippen LogP contribution in [-0.4, -0.2) is 26.5 Å². The average Bonchev–Trinajstić information content (AvgIpc) is 2.26. The zero-order chi connectivity index (χ0) is 11.9. The molecule has 0 spiro atoms. The highest BCUT2D eigenvalue weighted by Crippen LogP contribution is 2.38. The highest BCUT2D eigenvalue weighted by atomic mass is 28.4. The van der Waals surface area contributed by atoms with E-state index >= 15 is 0 Å². The summed E-state index contributed by atoms with van der Waals surface area (Å²) in [7, 11) is -1.57. The molecule has 0 bridgehead atoms. The van der Waals surface area contributed by atoms with E-state index in [9.17, 15) is 0 Å². The predicted octanol–water partition coefficient (Wildman–Crippen LogP) is 3.15. The molecule has 0 aliphatic carbocycles. The molecular weight excluding hydrogens is 202 g/mol. The van der Waals surface area contributed by atoms with E-state index in [4.69, 9.17) is 4.43 Å². The van der Waals surface area contributed by atoms with E-state index in [-0.39, 0.29) is 5.54 Å². The zero-order valence-electron chi connectivity index (χ0n) is 11.4.